The third kappa shape index (κ3) is 17.6. The van der Waals surface area contributed by atoms with Gasteiger partial charge in [0.05, 0.1) is 24.6 Å². The van der Waals surface area contributed by atoms with Crippen LogP contribution in [0, 0.1) is 10.8 Å². The van der Waals surface area contributed by atoms with Crippen molar-refractivity contribution < 1.29 is 45.6 Å². The van der Waals surface area contributed by atoms with Gasteiger partial charge in [-0.15, -0.1) is 0 Å². The molecule has 0 aliphatic carbocycles. The van der Waals surface area contributed by atoms with Crippen LogP contribution in [-0.4, -0.2) is 185 Å². The molecule has 0 saturated carbocycles. The molecule has 0 bridgehead atoms. The number of hydrogen-bond acceptors (Lipinski definition) is 12. The lowest BCUT2D eigenvalue weighted by molar-refractivity contribution is -0.140. The van der Waals surface area contributed by atoms with Crippen LogP contribution in [0.1, 0.15) is 100 Å². The first-order valence-electron chi connectivity index (χ1n) is 26.7. The second-order valence-electron chi connectivity index (χ2n) is 23.0. The van der Waals surface area contributed by atoms with Crippen LogP contribution >= 0.6 is 0 Å². The van der Waals surface area contributed by atoms with E-state index in [0.29, 0.717) is 12.8 Å². The van der Waals surface area contributed by atoms with Gasteiger partial charge in [-0.1, -0.05) is 102 Å². The zero-order valence-corrected chi connectivity index (χ0v) is 49.1. The molecule has 2 aliphatic heterocycles. The van der Waals surface area contributed by atoms with Crippen LogP contribution in [0.3, 0.4) is 0 Å². The first kappa shape index (κ1) is 63.1. The third-order valence-electron chi connectivity index (χ3n) is 14.7. The fourth-order valence-corrected chi connectivity index (χ4v) is 11.4. The molecule has 6 amide bonds. The van der Waals surface area contributed by atoms with E-state index in [1.54, 1.807) is 37.7 Å². The quantitative estimate of drug-likeness (QED) is 0.0757. The second-order valence-corrected chi connectivity index (χ2v) is 27.0. The Morgan fingerprint density at radius 2 is 0.872 bits per heavy atom. The Hall–Kier alpha value is -5.78. The first-order chi connectivity index (χ1) is 36.4. The number of likely N-dealkylation sites (tertiary alicyclic amines) is 2. The van der Waals surface area contributed by atoms with Gasteiger partial charge in [0.25, 0.3) is 11.8 Å². The van der Waals surface area contributed by atoms with Gasteiger partial charge in [-0.2, -0.15) is 8.61 Å². The molecule has 78 heavy (non-hydrogen) atoms. The Morgan fingerprint density at radius 1 is 0.551 bits per heavy atom. The lowest BCUT2D eigenvalue weighted by Gasteiger charge is -2.37. The van der Waals surface area contributed by atoms with Crippen LogP contribution in [-0.2, 0) is 52.1 Å². The number of nitrogens with zero attached hydrogens (tertiary/aromatic N) is 4. The van der Waals surface area contributed by atoms with Crippen molar-refractivity contribution in [1.29, 1.82) is 0 Å². The molecule has 5 rings (SSSR count). The maximum Gasteiger partial charge on any atom is 0.251 e. The molecule has 6 N–H and O–H groups in total. The Kier molecular flexibility index (Phi) is 21.8. The summed E-state index contributed by atoms with van der Waals surface area (Å²) in [5, 5.41) is 17.7. The van der Waals surface area contributed by atoms with E-state index in [-0.39, 0.29) is 75.1 Å². The van der Waals surface area contributed by atoms with E-state index in [4.69, 9.17) is 0 Å². The molecular formula is C56H84N10O10S2. The average Bonchev–Trinajstić information content (AvgIpc) is 4.05. The summed E-state index contributed by atoms with van der Waals surface area (Å²) >= 11 is 0. The fraction of sp³-hybridized carbons (Fsp3) is 0.571. The Balaban J connectivity index is 1.35. The van der Waals surface area contributed by atoms with Crippen LogP contribution in [0.2, 0.25) is 0 Å². The summed E-state index contributed by atoms with van der Waals surface area (Å²) in [6.07, 6.45) is 3.54. The summed E-state index contributed by atoms with van der Waals surface area (Å²) in [5.74, 6) is -2.58. The standard InChI is InChI=1S/C56H84N10O10S2/c1-37(57-9)49(67)61-47(55(3,4)5)53(71)65-33-43(31-45(65)35-63(77(11,73)74)29-27-39-19-15-13-16-20-39)59-51(69)41-23-25-42(26-24-41)52(70)60-44-32-46(36-64(78(12,75)76)30-28-40-21-17-14-18-22-40)66(34-44)54(72)48(56(6,7)8)62-50(68)38(2)58-10/h13-26,37-38,43-48,57-58H,27-36H2,1-12H3,(H,59,69)(H,60,70)(H,61,67)(H,62,68)/t37-,38-,43-,44-,45-,46-,47+,48+/m0/s1. The van der Waals surface area contributed by atoms with E-state index < -0.39 is 103 Å². The number of hydrogen-bond donors (Lipinski definition) is 6. The summed E-state index contributed by atoms with van der Waals surface area (Å²) in [7, 11) is -4.25. The van der Waals surface area contributed by atoms with Crippen molar-refractivity contribution >= 4 is 55.5 Å². The molecule has 0 aromatic heterocycles. The molecular weight excluding hydrogens is 1040 g/mol. The summed E-state index contributed by atoms with van der Waals surface area (Å²) in [6, 6.07) is 19.1. The van der Waals surface area contributed by atoms with Gasteiger partial charge in [0.15, 0.2) is 0 Å². The summed E-state index contributed by atoms with van der Waals surface area (Å²) < 4.78 is 55.9. The topological polar surface area (TPSA) is 256 Å². The molecule has 430 valence electrons. The van der Waals surface area contributed by atoms with Crippen molar-refractivity contribution in [2.75, 3.05) is 65.9 Å². The highest BCUT2D eigenvalue weighted by molar-refractivity contribution is 7.88. The highest BCUT2D eigenvalue weighted by Gasteiger charge is 2.46. The molecule has 0 radical (unpaired) electrons. The van der Waals surface area contributed by atoms with Crippen molar-refractivity contribution in [1.82, 2.24) is 50.3 Å². The van der Waals surface area contributed by atoms with Gasteiger partial charge in [0, 0.05) is 74.6 Å². The predicted molar refractivity (Wildman–Crippen MR) is 302 cm³/mol. The van der Waals surface area contributed by atoms with Crippen LogP contribution in [0.25, 0.3) is 0 Å². The molecule has 2 fully saturated rings. The minimum Gasteiger partial charge on any atom is -0.347 e. The molecule has 2 aliphatic rings. The van der Waals surface area contributed by atoms with Crippen molar-refractivity contribution in [3.8, 4) is 0 Å². The van der Waals surface area contributed by atoms with E-state index in [2.05, 4.69) is 31.9 Å². The van der Waals surface area contributed by atoms with Crippen molar-refractivity contribution in [3.05, 3.63) is 107 Å². The number of benzene rings is 3. The number of carbonyl (C=O) groups excluding carboxylic acids is 6. The molecule has 22 heteroatoms. The van der Waals surface area contributed by atoms with E-state index in [1.165, 1.54) is 32.9 Å². The number of rotatable bonds is 24. The van der Waals surface area contributed by atoms with Gasteiger partial charge in [0.2, 0.25) is 43.7 Å². The smallest absolute Gasteiger partial charge is 0.251 e. The molecule has 3 aromatic carbocycles. The van der Waals surface area contributed by atoms with Crippen molar-refractivity contribution in [2.45, 2.75) is 129 Å². The van der Waals surface area contributed by atoms with E-state index in [9.17, 15) is 45.6 Å². The summed E-state index contributed by atoms with van der Waals surface area (Å²) in [5.41, 5.74) is 0.812. The number of nitrogens with one attached hydrogen (secondary N) is 6. The zero-order valence-electron chi connectivity index (χ0n) is 47.5. The van der Waals surface area contributed by atoms with Crippen LogP contribution in [0.5, 0.6) is 0 Å². The molecule has 8 atom stereocenters. The Labute approximate surface area is 462 Å². The molecule has 2 heterocycles. The van der Waals surface area contributed by atoms with E-state index in [1.807, 2.05) is 102 Å². The van der Waals surface area contributed by atoms with E-state index in [0.717, 1.165) is 23.6 Å². The number of carbonyl (C=O) groups is 6. The number of likely N-dealkylation sites (N-methyl/N-ethyl adjacent to an activating group) is 2. The van der Waals surface area contributed by atoms with Crippen LogP contribution in [0.15, 0.2) is 84.9 Å². The molecule has 0 unspecified atom stereocenters. The Morgan fingerprint density at radius 3 is 1.15 bits per heavy atom. The maximum atomic E-state index is 14.7. The van der Waals surface area contributed by atoms with Gasteiger partial charge in [-0.3, -0.25) is 28.8 Å². The normalized spacial score (nSPS) is 19.7. The highest BCUT2D eigenvalue weighted by atomic mass is 32.2. The third-order valence-corrected chi connectivity index (χ3v) is 17.2. The maximum absolute atomic E-state index is 14.7. The van der Waals surface area contributed by atoms with Crippen LogP contribution in [0.4, 0.5) is 0 Å². The first-order valence-corrected chi connectivity index (χ1v) is 30.4. The molecule has 0 spiro atoms. The monoisotopic (exact) mass is 1120 g/mol. The molecule has 20 nitrogen and oxygen atoms in total. The van der Waals surface area contributed by atoms with Gasteiger partial charge in [0.1, 0.15) is 12.1 Å². The van der Waals surface area contributed by atoms with E-state index >= 15 is 0 Å². The average molecular weight is 1120 g/mol. The Bertz CT molecular complexity index is 2590. The van der Waals surface area contributed by atoms with Gasteiger partial charge >= 0.3 is 0 Å². The number of sulfonamides is 2. The summed E-state index contributed by atoms with van der Waals surface area (Å²) in [6.45, 7) is 14.6. The fourth-order valence-electron chi connectivity index (χ4n) is 9.72. The molecule has 2 saturated heterocycles. The lowest BCUT2D eigenvalue weighted by atomic mass is 9.85. The predicted octanol–water partition coefficient (Wildman–Crippen LogP) is 2.37. The van der Waals surface area contributed by atoms with Gasteiger partial charge < -0.3 is 41.7 Å². The van der Waals surface area contributed by atoms with Crippen molar-refractivity contribution in [2.24, 2.45) is 10.8 Å². The van der Waals surface area contributed by atoms with Gasteiger partial charge in [-0.05, 0) is 99.8 Å². The van der Waals surface area contributed by atoms with Gasteiger partial charge in [-0.25, -0.2) is 16.8 Å². The second kappa shape index (κ2) is 26.9. The lowest BCUT2D eigenvalue weighted by Crippen LogP contribution is -2.59. The SMILES string of the molecule is CN[C@@H](C)C(=O)N[C@H](C(=O)N1C[C@@H](NC(=O)c2ccc(C(=O)N[C@H]3C[C@@H](CN(CCc4ccccc4)S(C)(=O)=O)N(C(=O)[C@@H](NC(=O)[C@H](C)NC)C(C)(C)C)C3)cc2)C[C@H]1CN(CCc1ccccc1)S(C)(=O)=O)C(C)(C)C. The minimum atomic E-state index is -3.76. The number of amides is 6. The largest absolute Gasteiger partial charge is 0.347 e. The molecule has 3 aromatic rings. The highest BCUT2D eigenvalue weighted by Crippen LogP contribution is 2.30. The zero-order chi connectivity index (χ0) is 57.9. The van der Waals surface area contributed by atoms with Crippen LogP contribution < -0.4 is 31.9 Å². The summed E-state index contributed by atoms with van der Waals surface area (Å²) in [4.78, 5) is 86.9. The van der Waals surface area contributed by atoms with Crippen molar-refractivity contribution in [3.63, 3.8) is 0 Å². The minimum absolute atomic E-state index is 0.0326.